The molecular weight excluding hydrogens is 468 g/mol. The first-order valence-corrected chi connectivity index (χ1v) is 13.0. The van der Waals surface area contributed by atoms with Crippen molar-refractivity contribution in [2.45, 2.75) is 38.8 Å². The van der Waals surface area contributed by atoms with Crippen LogP contribution in [0.2, 0.25) is 0 Å². The molecule has 2 aliphatic heterocycles. The summed E-state index contributed by atoms with van der Waals surface area (Å²) in [4.78, 5) is 42.8. The Kier molecular flexibility index (Phi) is 6.56. The van der Waals surface area contributed by atoms with Gasteiger partial charge in [0.25, 0.3) is 0 Å². The van der Waals surface area contributed by atoms with Crippen molar-refractivity contribution < 1.29 is 27.5 Å². The topological polar surface area (TPSA) is 126 Å². The van der Waals surface area contributed by atoms with E-state index in [2.05, 4.69) is 10.1 Å². The molecule has 1 aromatic heterocycles. The van der Waals surface area contributed by atoms with E-state index in [4.69, 9.17) is 4.74 Å². The van der Waals surface area contributed by atoms with Crippen LogP contribution in [0.1, 0.15) is 31.9 Å². The summed E-state index contributed by atoms with van der Waals surface area (Å²) in [7, 11) is -3.20. The first kappa shape index (κ1) is 23.1. The van der Waals surface area contributed by atoms with Crippen molar-refractivity contribution in [2.75, 3.05) is 16.4 Å². The Morgan fingerprint density at radius 1 is 1.24 bits per heavy atom. The number of amides is 2. The zero-order valence-electron chi connectivity index (χ0n) is 17.8. The number of hydrogen-bond donors (Lipinski definition) is 0. The second kappa shape index (κ2) is 9.40. The van der Waals surface area contributed by atoms with Crippen molar-refractivity contribution in [2.24, 2.45) is 5.10 Å². The van der Waals surface area contributed by atoms with Crippen molar-refractivity contribution >= 4 is 55.5 Å². The average molecular weight is 491 g/mol. The summed E-state index contributed by atoms with van der Waals surface area (Å²) < 4.78 is 28.8. The Bertz CT molecular complexity index is 1210. The normalized spacial score (nSPS) is 19.8. The molecule has 0 saturated carbocycles. The Hall–Kier alpha value is -3.12. The molecule has 10 nitrogen and oxygen atoms in total. The van der Waals surface area contributed by atoms with Crippen LogP contribution in [-0.2, 0) is 35.6 Å². The van der Waals surface area contributed by atoms with Gasteiger partial charge in [-0.05, 0) is 18.6 Å². The first-order chi connectivity index (χ1) is 15.7. The van der Waals surface area contributed by atoms with Crippen molar-refractivity contribution in [1.29, 1.82) is 0 Å². The number of nitrogens with zero attached hydrogens (tertiary/aromatic N) is 4. The number of hydrogen-bond acceptors (Lipinski definition) is 9. The molecule has 0 bridgehead atoms. The van der Waals surface area contributed by atoms with Gasteiger partial charge in [-0.15, -0.1) is 11.3 Å². The SMILES string of the molecule is CC(=O)N(c1ccccc1)c1nc(COC(=O)C2=NN([C@H]3CCS(=O)(=O)C3)C(=O)CC2)cs1. The number of benzene rings is 1. The average Bonchev–Trinajstić information content (AvgIpc) is 3.39. The van der Waals surface area contributed by atoms with E-state index >= 15 is 0 Å². The van der Waals surface area contributed by atoms with Crippen LogP contribution in [0, 0.1) is 0 Å². The summed E-state index contributed by atoms with van der Waals surface area (Å²) in [6, 6.07) is 8.53. The highest BCUT2D eigenvalue weighted by Gasteiger charge is 2.37. The molecule has 2 aliphatic rings. The lowest BCUT2D eigenvalue weighted by Gasteiger charge is -2.27. The van der Waals surface area contributed by atoms with Gasteiger partial charge in [0, 0.05) is 25.1 Å². The predicted molar refractivity (Wildman–Crippen MR) is 122 cm³/mol. The number of para-hydroxylation sites is 1. The summed E-state index contributed by atoms with van der Waals surface area (Å²) >= 11 is 1.25. The van der Waals surface area contributed by atoms with E-state index in [1.807, 2.05) is 18.2 Å². The van der Waals surface area contributed by atoms with E-state index in [-0.39, 0.29) is 48.5 Å². The van der Waals surface area contributed by atoms with Gasteiger partial charge in [0.15, 0.2) is 15.0 Å². The highest BCUT2D eigenvalue weighted by Crippen LogP contribution is 2.29. The van der Waals surface area contributed by atoms with Crippen LogP contribution in [0.5, 0.6) is 0 Å². The fourth-order valence-electron chi connectivity index (χ4n) is 3.66. The Labute approximate surface area is 194 Å². The predicted octanol–water partition coefficient (Wildman–Crippen LogP) is 2.04. The molecule has 33 heavy (non-hydrogen) atoms. The Balaban J connectivity index is 1.42. The molecule has 2 aromatic rings. The van der Waals surface area contributed by atoms with Crippen LogP contribution in [0.4, 0.5) is 10.8 Å². The molecule has 0 N–H and O–H groups in total. The highest BCUT2D eigenvalue weighted by atomic mass is 32.2. The molecule has 0 unspecified atom stereocenters. The molecule has 1 aromatic carbocycles. The third-order valence-corrected chi connectivity index (χ3v) is 7.89. The summed E-state index contributed by atoms with van der Waals surface area (Å²) in [5, 5.41) is 7.38. The number of carbonyl (C=O) groups is 3. The quantitative estimate of drug-likeness (QED) is 0.567. The zero-order chi connectivity index (χ0) is 23.6. The van der Waals surface area contributed by atoms with Gasteiger partial charge < -0.3 is 4.74 Å². The molecule has 4 rings (SSSR count). The molecule has 1 fully saturated rings. The molecule has 0 radical (unpaired) electrons. The van der Waals surface area contributed by atoms with Crippen molar-refractivity contribution in [3.8, 4) is 0 Å². The lowest BCUT2D eigenvalue weighted by molar-refractivity contribution is -0.138. The van der Waals surface area contributed by atoms with Crippen LogP contribution in [0.25, 0.3) is 0 Å². The number of carbonyl (C=O) groups excluding carboxylic acids is 3. The van der Waals surface area contributed by atoms with E-state index in [0.717, 1.165) is 5.01 Å². The fraction of sp³-hybridized carbons (Fsp3) is 0.381. The lowest BCUT2D eigenvalue weighted by atomic mass is 10.1. The number of hydrazone groups is 1. The number of rotatable bonds is 6. The third kappa shape index (κ3) is 5.28. The van der Waals surface area contributed by atoms with Gasteiger partial charge in [-0.1, -0.05) is 18.2 Å². The van der Waals surface area contributed by atoms with Gasteiger partial charge in [0.2, 0.25) is 11.8 Å². The van der Waals surface area contributed by atoms with E-state index in [1.54, 1.807) is 17.5 Å². The summed E-state index contributed by atoms with van der Waals surface area (Å²) in [6.45, 7) is 1.32. The zero-order valence-corrected chi connectivity index (χ0v) is 19.5. The first-order valence-electron chi connectivity index (χ1n) is 10.3. The number of ether oxygens (including phenoxy) is 1. The van der Waals surface area contributed by atoms with Crippen LogP contribution in [0.3, 0.4) is 0 Å². The van der Waals surface area contributed by atoms with Gasteiger partial charge in [-0.2, -0.15) is 5.10 Å². The maximum atomic E-state index is 12.5. The maximum Gasteiger partial charge on any atom is 0.354 e. The monoisotopic (exact) mass is 490 g/mol. The molecule has 1 saturated heterocycles. The summed E-state index contributed by atoms with van der Waals surface area (Å²) in [5.74, 6) is -1.34. The van der Waals surface area contributed by atoms with Crippen LogP contribution >= 0.6 is 11.3 Å². The van der Waals surface area contributed by atoms with E-state index in [0.29, 0.717) is 22.9 Å². The summed E-state index contributed by atoms with van der Waals surface area (Å²) in [5.41, 5.74) is 1.22. The van der Waals surface area contributed by atoms with Crippen molar-refractivity contribution in [1.82, 2.24) is 9.99 Å². The molecule has 2 amide bonds. The van der Waals surface area contributed by atoms with Crippen LogP contribution in [-0.4, -0.2) is 59.5 Å². The minimum atomic E-state index is -3.20. The number of aromatic nitrogens is 1. The second-order valence-corrected chi connectivity index (χ2v) is 10.8. The lowest BCUT2D eigenvalue weighted by Crippen LogP contribution is -2.42. The van der Waals surface area contributed by atoms with Crippen LogP contribution < -0.4 is 4.90 Å². The van der Waals surface area contributed by atoms with Gasteiger partial charge >= 0.3 is 5.97 Å². The molecule has 12 heteroatoms. The largest absolute Gasteiger partial charge is 0.455 e. The second-order valence-electron chi connectivity index (χ2n) is 7.73. The minimum Gasteiger partial charge on any atom is -0.455 e. The molecule has 0 aliphatic carbocycles. The Morgan fingerprint density at radius 3 is 2.67 bits per heavy atom. The number of esters is 1. The number of sulfone groups is 1. The van der Waals surface area contributed by atoms with E-state index in [1.165, 1.54) is 23.2 Å². The minimum absolute atomic E-state index is 0.00314. The van der Waals surface area contributed by atoms with E-state index < -0.39 is 21.8 Å². The Morgan fingerprint density at radius 2 is 2.00 bits per heavy atom. The molecule has 1 atom stereocenters. The molecule has 0 spiro atoms. The van der Waals surface area contributed by atoms with Gasteiger partial charge in [-0.25, -0.2) is 23.2 Å². The van der Waals surface area contributed by atoms with Crippen LogP contribution in [0.15, 0.2) is 40.8 Å². The molecule has 3 heterocycles. The van der Waals surface area contributed by atoms with Crippen molar-refractivity contribution in [3.05, 3.63) is 41.4 Å². The maximum absolute atomic E-state index is 12.5. The summed E-state index contributed by atoms with van der Waals surface area (Å²) in [6.07, 6.45) is 0.494. The standard InChI is InChI=1S/C21H22N4O6S2/c1-14(26)24(16-5-3-2-4-6-16)21-22-15(12-32-21)11-31-20(28)18-7-8-19(27)25(23-18)17-9-10-33(29,30)13-17/h2-6,12,17H,7-11,13H2,1H3/t17-/m0/s1. The third-order valence-electron chi connectivity index (χ3n) is 5.26. The fourth-order valence-corrected chi connectivity index (χ4v) is 6.23. The van der Waals surface area contributed by atoms with Gasteiger partial charge in [0.1, 0.15) is 12.3 Å². The van der Waals surface area contributed by atoms with E-state index in [9.17, 15) is 22.8 Å². The van der Waals surface area contributed by atoms with Crippen molar-refractivity contribution in [3.63, 3.8) is 0 Å². The highest BCUT2D eigenvalue weighted by molar-refractivity contribution is 7.91. The molecular formula is C21H22N4O6S2. The van der Waals surface area contributed by atoms with Gasteiger partial charge in [-0.3, -0.25) is 14.5 Å². The molecule has 174 valence electrons. The van der Waals surface area contributed by atoms with Gasteiger partial charge in [0.05, 0.1) is 28.9 Å². The number of anilines is 2. The smallest absolute Gasteiger partial charge is 0.354 e. The number of thiazole rings is 1.